The largest absolute Gasteiger partial charge is 0.462 e. The number of carbonyl (C=O) groups is 2. The van der Waals surface area contributed by atoms with Gasteiger partial charge in [-0.25, -0.2) is 14.5 Å². The predicted molar refractivity (Wildman–Crippen MR) is 65.8 cm³/mol. The monoisotopic (exact) mass is 268 g/mol. The predicted octanol–water partition coefficient (Wildman–Crippen LogP) is 2.03. The second kappa shape index (κ2) is 7.50. The minimum Gasteiger partial charge on any atom is -0.462 e. The maximum absolute atomic E-state index is 11.7. The quantitative estimate of drug-likeness (QED) is 0.483. The van der Waals surface area contributed by atoms with Gasteiger partial charge >= 0.3 is 11.9 Å². The van der Waals surface area contributed by atoms with E-state index in [1.807, 2.05) is 0 Å². The van der Waals surface area contributed by atoms with Gasteiger partial charge in [0.1, 0.15) is 6.61 Å². The molecule has 0 saturated carbocycles. The molecule has 0 atom stereocenters. The molecule has 0 aromatic heterocycles. The van der Waals surface area contributed by atoms with Crippen molar-refractivity contribution in [2.24, 2.45) is 0 Å². The average molecular weight is 268 g/mol. The van der Waals surface area contributed by atoms with Crippen molar-refractivity contribution < 1.29 is 29.2 Å². The fourth-order valence-corrected chi connectivity index (χ4v) is 1.51. The summed E-state index contributed by atoms with van der Waals surface area (Å²) in [5.41, 5.74) is 0.884. The molecule has 0 fully saturated rings. The van der Waals surface area contributed by atoms with Crippen LogP contribution >= 0.6 is 0 Å². The van der Waals surface area contributed by atoms with Crippen LogP contribution in [0.5, 0.6) is 0 Å². The molecule has 0 radical (unpaired) electrons. The Kier molecular flexibility index (Phi) is 5.98. The van der Waals surface area contributed by atoms with Gasteiger partial charge < -0.3 is 9.47 Å². The van der Waals surface area contributed by atoms with Crippen LogP contribution in [0.2, 0.25) is 0 Å². The molecule has 1 rings (SSSR count). The van der Waals surface area contributed by atoms with Crippen molar-refractivity contribution in [3.8, 4) is 0 Å². The first-order valence-electron chi connectivity index (χ1n) is 5.86. The summed E-state index contributed by atoms with van der Waals surface area (Å²) in [4.78, 5) is 27.3. The smallest absolute Gasteiger partial charge is 0.338 e. The van der Waals surface area contributed by atoms with Gasteiger partial charge in [0, 0.05) is 0 Å². The van der Waals surface area contributed by atoms with E-state index in [0.717, 1.165) is 0 Å². The molecule has 0 unspecified atom stereocenters. The molecule has 0 aliphatic heterocycles. The molecule has 0 heterocycles. The van der Waals surface area contributed by atoms with Crippen LogP contribution in [0.1, 0.15) is 40.1 Å². The number of rotatable bonds is 6. The minimum absolute atomic E-state index is 0.139. The SMILES string of the molecule is CCOC(=O)c1cc(COO)cc(C(=O)OCC)c1. The van der Waals surface area contributed by atoms with Crippen molar-refractivity contribution in [2.75, 3.05) is 13.2 Å². The second-order valence-electron chi connectivity index (χ2n) is 3.63. The highest BCUT2D eigenvalue weighted by Crippen LogP contribution is 2.14. The van der Waals surface area contributed by atoms with Crippen LogP contribution < -0.4 is 0 Å². The highest BCUT2D eigenvalue weighted by molar-refractivity contribution is 5.95. The molecule has 0 spiro atoms. The van der Waals surface area contributed by atoms with Gasteiger partial charge in [-0.2, -0.15) is 0 Å². The second-order valence-corrected chi connectivity index (χ2v) is 3.63. The number of hydrogen-bond donors (Lipinski definition) is 1. The molecule has 0 amide bonds. The number of esters is 2. The third-order valence-corrected chi connectivity index (χ3v) is 2.25. The van der Waals surface area contributed by atoms with E-state index in [-0.39, 0.29) is 30.9 Å². The van der Waals surface area contributed by atoms with Crippen LogP contribution in [0.3, 0.4) is 0 Å². The molecule has 0 saturated heterocycles. The molecule has 0 aliphatic carbocycles. The zero-order valence-corrected chi connectivity index (χ0v) is 10.8. The van der Waals surface area contributed by atoms with E-state index in [1.165, 1.54) is 18.2 Å². The number of carbonyl (C=O) groups excluding carboxylic acids is 2. The first-order chi connectivity index (χ1) is 9.12. The van der Waals surface area contributed by atoms with Gasteiger partial charge in [0.2, 0.25) is 0 Å². The molecule has 6 heteroatoms. The zero-order valence-electron chi connectivity index (χ0n) is 10.8. The molecule has 1 aromatic carbocycles. The summed E-state index contributed by atoms with van der Waals surface area (Å²) in [5.74, 6) is -1.10. The molecule has 1 N–H and O–H groups in total. The Morgan fingerprint density at radius 1 is 1.00 bits per heavy atom. The van der Waals surface area contributed by atoms with Crippen molar-refractivity contribution in [3.05, 3.63) is 34.9 Å². The van der Waals surface area contributed by atoms with Crippen molar-refractivity contribution in [1.29, 1.82) is 0 Å². The normalized spacial score (nSPS) is 10.1. The summed E-state index contributed by atoms with van der Waals surface area (Å²) in [5, 5.41) is 8.45. The van der Waals surface area contributed by atoms with Gasteiger partial charge in [-0.3, -0.25) is 5.26 Å². The van der Waals surface area contributed by atoms with E-state index in [1.54, 1.807) is 13.8 Å². The zero-order chi connectivity index (χ0) is 14.3. The lowest BCUT2D eigenvalue weighted by Crippen LogP contribution is -2.10. The third-order valence-electron chi connectivity index (χ3n) is 2.25. The minimum atomic E-state index is -0.548. The lowest BCUT2D eigenvalue weighted by atomic mass is 10.1. The Labute approximate surface area is 110 Å². The van der Waals surface area contributed by atoms with E-state index in [0.29, 0.717) is 5.56 Å². The molecule has 19 heavy (non-hydrogen) atoms. The fraction of sp³-hybridized carbons (Fsp3) is 0.385. The van der Waals surface area contributed by atoms with Crippen molar-refractivity contribution in [1.82, 2.24) is 0 Å². The molecular weight excluding hydrogens is 252 g/mol. The Balaban J connectivity index is 3.09. The molecule has 0 bridgehead atoms. The molecule has 104 valence electrons. The number of hydrogen-bond acceptors (Lipinski definition) is 6. The van der Waals surface area contributed by atoms with Gasteiger partial charge in [0.05, 0.1) is 24.3 Å². The van der Waals surface area contributed by atoms with Crippen LogP contribution in [0, 0.1) is 0 Å². The van der Waals surface area contributed by atoms with E-state index < -0.39 is 11.9 Å². The summed E-state index contributed by atoms with van der Waals surface area (Å²) in [6.45, 7) is 3.69. The first-order valence-corrected chi connectivity index (χ1v) is 5.86. The highest BCUT2D eigenvalue weighted by atomic mass is 17.1. The maximum Gasteiger partial charge on any atom is 0.338 e. The maximum atomic E-state index is 11.7. The van der Waals surface area contributed by atoms with Crippen LogP contribution in [0.25, 0.3) is 0 Å². The Bertz CT molecular complexity index is 418. The highest BCUT2D eigenvalue weighted by Gasteiger charge is 2.14. The Morgan fingerprint density at radius 3 is 1.84 bits per heavy atom. The van der Waals surface area contributed by atoms with E-state index in [4.69, 9.17) is 14.7 Å². The van der Waals surface area contributed by atoms with Crippen LogP contribution in [0.15, 0.2) is 18.2 Å². The number of benzene rings is 1. The summed E-state index contributed by atoms with van der Waals surface area (Å²) in [6, 6.07) is 4.35. The van der Waals surface area contributed by atoms with Gasteiger partial charge in [0.15, 0.2) is 0 Å². The average Bonchev–Trinajstić information content (AvgIpc) is 2.39. The molecular formula is C13H16O6. The van der Waals surface area contributed by atoms with E-state index >= 15 is 0 Å². The van der Waals surface area contributed by atoms with Crippen molar-refractivity contribution in [2.45, 2.75) is 20.5 Å². The molecule has 0 aliphatic rings. The summed E-state index contributed by atoms with van der Waals surface area (Å²) < 4.78 is 9.72. The van der Waals surface area contributed by atoms with Crippen LogP contribution in [-0.4, -0.2) is 30.4 Å². The Morgan fingerprint density at radius 2 is 1.47 bits per heavy atom. The van der Waals surface area contributed by atoms with Gasteiger partial charge in [0.25, 0.3) is 0 Å². The lowest BCUT2D eigenvalue weighted by molar-refractivity contribution is -0.253. The van der Waals surface area contributed by atoms with Crippen molar-refractivity contribution in [3.63, 3.8) is 0 Å². The van der Waals surface area contributed by atoms with Crippen LogP contribution in [-0.2, 0) is 21.0 Å². The van der Waals surface area contributed by atoms with Crippen LogP contribution in [0.4, 0.5) is 0 Å². The summed E-state index contributed by atoms with van der Waals surface area (Å²) in [6.07, 6.45) is 0. The first kappa shape index (κ1) is 15.1. The summed E-state index contributed by atoms with van der Waals surface area (Å²) >= 11 is 0. The van der Waals surface area contributed by atoms with Gasteiger partial charge in [-0.05, 0) is 37.6 Å². The topological polar surface area (TPSA) is 82.1 Å². The Hall–Kier alpha value is -1.92. The molecule has 1 aromatic rings. The summed E-state index contributed by atoms with van der Waals surface area (Å²) in [7, 11) is 0. The van der Waals surface area contributed by atoms with E-state index in [9.17, 15) is 9.59 Å². The standard InChI is InChI=1S/C13H16O6/c1-3-17-12(14)10-5-9(8-19-16)6-11(7-10)13(15)18-4-2/h5-7,16H,3-4,8H2,1-2H3. The van der Waals surface area contributed by atoms with Crippen molar-refractivity contribution >= 4 is 11.9 Å². The van der Waals surface area contributed by atoms with Gasteiger partial charge in [-0.15, -0.1) is 0 Å². The molecule has 6 nitrogen and oxygen atoms in total. The fourth-order valence-electron chi connectivity index (χ4n) is 1.51. The van der Waals surface area contributed by atoms with Gasteiger partial charge in [-0.1, -0.05) is 0 Å². The lowest BCUT2D eigenvalue weighted by Gasteiger charge is -2.08. The number of ether oxygens (including phenoxy) is 2. The third kappa shape index (κ3) is 4.35. The van der Waals surface area contributed by atoms with E-state index in [2.05, 4.69) is 4.89 Å².